The van der Waals surface area contributed by atoms with E-state index >= 15 is 0 Å². The number of nitrogens with zero attached hydrogens (tertiary/aromatic N) is 4. The monoisotopic (exact) mass is 378 g/mol. The Bertz CT molecular complexity index is 909. The van der Waals surface area contributed by atoms with E-state index < -0.39 is 10.0 Å². The van der Waals surface area contributed by atoms with E-state index in [4.69, 9.17) is 5.26 Å². The van der Waals surface area contributed by atoms with Gasteiger partial charge in [0.2, 0.25) is 10.0 Å². The van der Waals surface area contributed by atoms with Crippen LogP contribution in [0.3, 0.4) is 0 Å². The molecule has 0 N–H and O–H groups in total. The summed E-state index contributed by atoms with van der Waals surface area (Å²) in [6, 6.07) is 7.35. The van der Waals surface area contributed by atoms with Gasteiger partial charge in [0, 0.05) is 19.6 Å². The molecule has 1 fully saturated rings. The third-order valence-corrected chi connectivity index (χ3v) is 7.29. The molecule has 1 saturated heterocycles. The molecule has 0 spiro atoms. The van der Waals surface area contributed by atoms with Crippen molar-refractivity contribution in [3.63, 3.8) is 0 Å². The van der Waals surface area contributed by atoms with Gasteiger partial charge in [-0.1, -0.05) is 18.2 Å². The number of hydrogen-bond donors (Lipinski definition) is 0. The van der Waals surface area contributed by atoms with Crippen LogP contribution in [0.25, 0.3) is 11.0 Å². The summed E-state index contributed by atoms with van der Waals surface area (Å²) in [5.41, 5.74) is 1.56. The molecule has 25 heavy (non-hydrogen) atoms. The van der Waals surface area contributed by atoms with Crippen LogP contribution in [0.4, 0.5) is 0 Å². The Kier molecular flexibility index (Phi) is 5.37. The Morgan fingerprint density at radius 2 is 2.04 bits per heavy atom. The normalized spacial score (nSPS) is 17.5. The van der Waals surface area contributed by atoms with Crippen LogP contribution < -0.4 is 0 Å². The van der Waals surface area contributed by atoms with Gasteiger partial charge in [0.1, 0.15) is 0 Å². The Morgan fingerprint density at radius 3 is 2.68 bits per heavy atom. The highest BCUT2D eigenvalue weighted by Gasteiger charge is 2.26. The third-order valence-electron chi connectivity index (χ3n) is 4.42. The maximum atomic E-state index is 12.9. The molecule has 0 saturated carbocycles. The smallest absolute Gasteiger partial charge is 0.243 e. The van der Waals surface area contributed by atoms with Crippen LogP contribution in [0.1, 0.15) is 33.1 Å². The second-order valence-electron chi connectivity index (χ2n) is 6.14. The Hall–Kier alpha value is -1.56. The van der Waals surface area contributed by atoms with Crippen LogP contribution in [0.15, 0.2) is 28.3 Å². The summed E-state index contributed by atoms with van der Waals surface area (Å²) >= 11 is 1.39. The molecule has 3 rings (SSSR count). The average molecular weight is 379 g/mol. The summed E-state index contributed by atoms with van der Waals surface area (Å²) in [6.45, 7) is 5.74. The summed E-state index contributed by atoms with van der Waals surface area (Å²) in [6.07, 6.45) is 2.92. The lowest BCUT2D eigenvalue weighted by Gasteiger charge is -2.25. The fourth-order valence-electron chi connectivity index (χ4n) is 3.08. The quantitative estimate of drug-likeness (QED) is 0.746. The predicted molar refractivity (Wildman–Crippen MR) is 98.9 cm³/mol. The fourth-order valence-corrected chi connectivity index (χ4v) is 5.49. The number of aryl methyl sites for hydroxylation is 1. The zero-order valence-electron chi connectivity index (χ0n) is 14.5. The van der Waals surface area contributed by atoms with Crippen molar-refractivity contribution in [3.05, 3.63) is 18.2 Å². The molecule has 1 aliphatic heterocycles. The van der Waals surface area contributed by atoms with Gasteiger partial charge < -0.3 is 4.57 Å². The van der Waals surface area contributed by atoms with E-state index in [0.717, 1.165) is 36.5 Å². The first-order chi connectivity index (χ1) is 12.0. The standard InChI is InChI=1S/C17H22N4O2S2/c1-3-21-16-8-7-14(25(22,23)20-9-5-4-6-10-20)11-15(16)19-17(21)24-13(2)12-18/h7-8,11,13H,3-6,9-10H2,1-2H3. The SMILES string of the molecule is CCn1c(SC(C)C#N)nc2cc(S(=O)(=O)N3CCCCC3)ccc21. The topological polar surface area (TPSA) is 79.0 Å². The first-order valence-corrected chi connectivity index (χ1v) is 10.9. The molecule has 0 amide bonds. The van der Waals surface area contributed by atoms with E-state index in [1.54, 1.807) is 16.4 Å². The molecule has 1 aromatic carbocycles. The van der Waals surface area contributed by atoms with Gasteiger partial charge in [0.25, 0.3) is 0 Å². The van der Waals surface area contributed by atoms with Crippen molar-refractivity contribution in [2.45, 2.75) is 55.0 Å². The van der Waals surface area contributed by atoms with Gasteiger partial charge in [-0.3, -0.25) is 0 Å². The maximum Gasteiger partial charge on any atom is 0.243 e. The van der Waals surface area contributed by atoms with Crippen molar-refractivity contribution in [2.75, 3.05) is 13.1 Å². The number of aromatic nitrogens is 2. The molecule has 134 valence electrons. The molecular weight excluding hydrogens is 356 g/mol. The molecular formula is C17H22N4O2S2. The van der Waals surface area contributed by atoms with E-state index in [2.05, 4.69) is 11.1 Å². The summed E-state index contributed by atoms with van der Waals surface area (Å²) in [5, 5.41) is 9.58. The van der Waals surface area contributed by atoms with Crippen LogP contribution in [-0.2, 0) is 16.6 Å². The van der Waals surface area contributed by atoms with Gasteiger partial charge >= 0.3 is 0 Å². The molecule has 1 aliphatic rings. The van der Waals surface area contributed by atoms with Gasteiger partial charge in [-0.05, 0) is 44.9 Å². The second-order valence-corrected chi connectivity index (χ2v) is 9.39. The van der Waals surface area contributed by atoms with Crippen molar-refractivity contribution in [3.8, 4) is 6.07 Å². The minimum atomic E-state index is -3.47. The van der Waals surface area contributed by atoms with E-state index in [9.17, 15) is 8.42 Å². The van der Waals surface area contributed by atoms with Crippen LogP contribution in [0.5, 0.6) is 0 Å². The highest BCUT2D eigenvalue weighted by atomic mass is 32.2. The molecule has 2 heterocycles. The van der Waals surface area contributed by atoms with Gasteiger partial charge in [-0.15, -0.1) is 0 Å². The van der Waals surface area contributed by atoms with Crippen molar-refractivity contribution in [1.29, 1.82) is 5.26 Å². The molecule has 0 bridgehead atoms. The van der Waals surface area contributed by atoms with Crippen LogP contribution in [0.2, 0.25) is 0 Å². The lowest BCUT2D eigenvalue weighted by Crippen LogP contribution is -2.35. The number of rotatable bonds is 5. The number of imidazole rings is 1. The Labute approximate surface area is 152 Å². The molecule has 0 aliphatic carbocycles. The summed E-state index contributed by atoms with van der Waals surface area (Å²) in [5.74, 6) is 0. The highest BCUT2D eigenvalue weighted by Crippen LogP contribution is 2.29. The number of sulfonamides is 1. The zero-order chi connectivity index (χ0) is 18.0. The van der Waals surface area contributed by atoms with E-state index in [0.29, 0.717) is 23.5 Å². The molecule has 8 heteroatoms. The number of fused-ring (bicyclic) bond motifs is 1. The first kappa shape index (κ1) is 18.2. The molecule has 1 aromatic heterocycles. The fraction of sp³-hybridized carbons (Fsp3) is 0.529. The number of piperidine rings is 1. The number of benzene rings is 1. The van der Waals surface area contributed by atoms with Crippen molar-refractivity contribution < 1.29 is 8.42 Å². The second kappa shape index (κ2) is 7.36. The zero-order valence-corrected chi connectivity index (χ0v) is 16.1. The molecule has 2 aromatic rings. The van der Waals surface area contributed by atoms with Crippen LogP contribution in [-0.4, -0.2) is 40.6 Å². The first-order valence-electron chi connectivity index (χ1n) is 8.54. The van der Waals surface area contributed by atoms with E-state index in [1.807, 2.05) is 24.5 Å². The number of hydrogen-bond acceptors (Lipinski definition) is 5. The molecule has 0 radical (unpaired) electrons. The van der Waals surface area contributed by atoms with Gasteiger partial charge in [0.15, 0.2) is 5.16 Å². The van der Waals surface area contributed by atoms with Gasteiger partial charge in [-0.25, -0.2) is 13.4 Å². The van der Waals surface area contributed by atoms with E-state index in [-0.39, 0.29) is 5.25 Å². The number of nitriles is 1. The largest absolute Gasteiger partial charge is 0.319 e. The van der Waals surface area contributed by atoms with Gasteiger partial charge in [-0.2, -0.15) is 9.57 Å². The Morgan fingerprint density at radius 1 is 1.32 bits per heavy atom. The van der Waals surface area contributed by atoms with Gasteiger partial charge in [0.05, 0.1) is 27.2 Å². The predicted octanol–water partition coefficient (Wildman–Crippen LogP) is 3.23. The lowest BCUT2D eigenvalue weighted by molar-refractivity contribution is 0.346. The molecule has 1 atom stereocenters. The highest BCUT2D eigenvalue weighted by molar-refractivity contribution is 8.00. The van der Waals surface area contributed by atoms with Crippen molar-refractivity contribution in [1.82, 2.24) is 13.9 Å². The lowest BCUT2D eigenvalue weighted by atomic mass is 10.2. The maximum absolute atomic E-state index is 12.9. The molecule has 1 unspecified atom stereocenters. The van der Waals surface area contributed by atoms with Crippen LogP contribution >= 0.6 is 11.8 Å². The summed E-state index contributed by atoms with van der Waals surface area (Å²) in [4.78, 5) is 4.88. The molecule has 6 nitrogen and oxygen atoms in total. The van der Waals surface area contributed by atoms with E-state index in [1.165, 1.54) is 11.8 Å². The summed E-state index contributed by atoms with van der Waals surface area (Å²) in [7, 11) is -3.47. The third kappa shape index (κ3) is 3.54. The summed E-state index contributed by atoms with van der Waals surface area (Å²) < 4.78 is 29.3. The minimum Gasteiger partial charge on any atom is -0.319 e. The van der Waals surface area contributed by atoms with Crippen molar-refractivity contribution in [2.24, 2.45) is 0 Å². The van der Waals surface area contributed by atoms with Crippen LogP contribution in [0, 0.1) is 11.3 Å². The Balaban J connectivity index is 2.01. The van der Waals surface area contributed by atoms with Crippen molar-refractivity contribution >= 4 is 32.8 Å². The average Bonchev–Trinajstić information content (AvgIpc) is 2.98. The number of thioether (sulfide) groups is 1. The minimum absolute atomic E-state index is 0.210.